The van der Waals surface area contributed by atoms with E-state index in [0.717, 1.165) is 0 Å². The highest BCUT2D eigenvalue weighted by molar-refractivity contribution is 4.96. The standard InChI is InChI=1S/C7H9F3N2/c8-7(9,10)6-3-1-2-5(4-11)12-6/h5-6,12H,1-3H2/t5-,6-/m0/s1. The molecule has 1 fully saturated rings. The van der Waals surface area contributed by atoms with Crippen molar-refractivity contribution in [1.29, 1.82) is 5.26 Å². The summed E-state index contributed by atoms with van der Waals surface area (Å²) in [5.74, 6) is 0. The third-order valence-corrected chi connectivity index (χ3v) is 1.94. The maximum Gasteiger partial charge on any atom is 0.403 e. The van der Waals surface area contributed by atoms with E-state index in [1.807, 2.05) is 0 Å². The normalized spacial score (nSPS) is 31.2. The number of hydrogen-bond acceptors (Lipinski definition) is 2. The van der Waals surface area contributed by atoms with Crippen LogP contribution in [0, 0.1) is 11.3 Å². The lowest BCUT2D eigenvalue weighted by Gasteiger charge is -2.28. The summed E-state index contributed by atoms with van der Waals surface area (Å²) in [4.78, 5) is 0. The van der Waals surface area contributed by atoms with Gasteiger partial charge < -0.3 is 0 Å². The molecule has 0 aromatic rings. The van der Waals surface area contributed by atoms with E-state index in [1.165, 1.54) is 0 Å². The molecule has 12 heavy (non-hydrogen) atoms. The molecule has 0 aromatic carbocycles. The molecule has 0 aliphatic carbocycles. The third-order valence-electron chi connectivity index (χ3n) is 1.94. The van der Waals surface area contributed by atoms with Gasteiger partial charge in [-0.05, 0) is 19.3 Å². The van der Waals surface area contributed by atoms with Crippen LogP contribution in [0.15, 0.2) is 0 Å². The van der Waals surface area contributed by atoms with Crippen molar-refractivity contribution in [3.8, 4) is 6.07 Å². The molecule has 0 spiro atoms. The van der Waals surface area contributed by atoms with Gasteiger partial charge >= 0.3 is 6.18 Å². The molecule has 0 amide bonds. The van der Waals surface area contributed by atoms with Crippen molar-refractivity contribution in [2.24, 2.45) is 0 Å². The molecule has 1 aliphatic heterocycles. The second-order valence-electron chi connectivity index (χ2n) is 2.87. The Morgan fingerprint density at radius 2 is 2.00 bits per heavy atom. The molecule has 1 heterocycles. The first-order valence-corrected chi connectivity index (χ1v) is 3.76. The number of rotatable bonds is 0. The van der Waals surface area contributed by atoms with Gasteiger partial charge in [0.15, 0.2) is 0 Å². The molecule has 1 rings (SSSR count). The van der Waals surface area contributed by atoms with Gasteiger partial charge in [-0.3, -0.25) is 5.32 Å². The summed E-state index contributed by atoms with van der Waals surface area (Å²) >= 11 is 0. The van der Waals surface area contributed by atoms with Gasteiger partial charge in [-0.1, -0.05) is 0 Å². The van der Waals surface area contributed by atoms with Gasteiger partial charge in [0, 0.05) is 0 Å². The molecule has 0 aromatic heterocycles. The van der Waals surface area contributed by atoms with Crippen molar-refractivity contribution in [3.63, 3.8) is 0 Å². The molecule has 2 atom stereocenters. The van der Waals surface area contributed by atoms with Crippen molar-refractivity contribution in [3.05, 3.63) is 0 Å². The Hall–Kier alpha value is -0.760. The first kappa shape index (κ1) is 9.33. The average molecular weight is 178 g/mol. The minimum atomic E-state index is -4.21. The van der Waals surface area contributed by atoms with E-state index in [2.05, 4.69) is 5.32 Å². The van der Waals surface area contributed by atoms with Gasteiger partial charge in [-0.2, -0.15) is 18.4 Å². The van der Waals surface area contributed by atoms with E-state index in [1.54, 1.807) is 6.07 Å². The van der Waals surface area contributed by atoms with Crippen LogP contribution in [-0.4, -0.2) is 18.3 Å². The van der Waals surface area contributed by atoms with E-state index in [0.29, 0.717) is 12.8 Å². The Morgan fingerprint density at radius 1 is 1.33 bits per heavy atom. The molecule has 0 bridgehead atoms. The molecule has 2 nitrogen and oxygen atoms in total. The van der Waals surface area contributed by atoms with Gasteiger partial charge in [0.2, 0.25) is 0 Å². The topological polar surface area (TPSA) is 35.8 Å². The van der Waals surface area contributed by atoms with Gasteiger partial charge in [0.05, 0.1) is 12.1 Å². The van der Waals surface area contributed by atoms with Crippen molar-refractivity contribution in [1.82, 2.24) is 5.32 Å². The molecule has 0 saturated carbocycles. The molecule has 5 heteroatoms. The number of piperidine rings is 1. The van der Waals surface area contributed by atoms with E-state index in [4.69, 9.17) is 5.26 Å². The van der Waals surface area contributed by atoms with Gasteiger partial charge in [-0.25, -0.2) is 0 Å². The molecule has 68 valence electrons. The highest BCUT2D eigenvalue weighted by atomic mass is 19.4. The fraction of sp³-hybridized carbons (Fsp3) is 0.857. The summed E-state index contributed by atoms with van der Waals surface area (Å²) in [6, 6.07) is -0.329. The zero-order valence-corrected chi connectivity index (χ0v) is 6.36. The Morgan fingerprint density at radius 3 is 2.50 bits per heavy atom. The van der Waals surface area contributed by atoms with Crippen LogP contribution in [-0.2, 0) is 0 Å². The summed E-state index contributed by atoms with van der Waals surface area (Å²) < 4.78 is 36.2. The summed E-state index contributed by atoms with van der Waals surface area (Å²) in [5, 5.41) is 10.7. The second kappa shape index (κ2) is 3.31. The van der Waals surface area contributed by atoms with Crippen LogP contribution in [0.4, 0.5) is 13.2 Å². The third kappa shape index (κ3) is 2.11. The predicted molar refractivity (Wildman–Crippen MR) is 36.2 cm³/mol. The zero-order chi connectivity index (χ0) is 9.19. The Kier molecular flexibility index (Phi) is 2.58. The van der Waals surface area contributed by atoms with E-state index >= 15 is 0 Å². The van der Waals surface area contributed by atoms with Gasteiger partial charge in [0.1, 0.15) is 6.04 Å². The fourth-order valence-corrected chi connectivity index (χ4v) is 1.30. The highest BCUT2D eigenvalue weighted by Gasteiger charge is 2.41. The van der Waals surface area contributed by atoms with Gasteiger partial charge in [-0.15, -0.1) is 0 Å². The number of hydrogen-bond donors (Lipinski definition) is 1. The molecule has 1 saturated heterocycles. The quantitative estimate of drug-likeness (QED) is 0.611. The van der Waals surface area contributed by atoms with Crippen LogP contribution >= 0.6 is 0 Å². The smallest absolute Gasteiger partial charge is 0.291 e. The molecular formula is C7H9F3N2. The largest absolute Gasteiger partial charge is 0.403 e. The zero-order valence-electron chi connectivity index (χ0n) is 6.36. The van der Waals surface area contributed by atoms with Crippen LogP contribution < -0.4 is 5.32 Å². The lowest BCUT2D eigenvalue weighted by molar-refractivity contribution is -0.161. The number of nitrogens with zero attached hydrogens (tertiary/aromatic N) is 1. The van der Waals surface area contributed by atoms with Crippen molar-refractivity contribution in [2.45, 2.75) is 37.5 Å². The number of alkyl halides is 3. The molecule has 1 aliphatic rings. The van der Waals surface area contributed by atoms with Crippen LogP contribution in [0.5, 0.6) is 0 Å². The van der Waals surface area contributed by atoms with E-state index < -0.39 is 18.3 Å². The van der Waals surface area contributed by atoms with Crippen LogP contribution in [0.1, 0.15) is 19.3 Å². The average Bonchev–Trinajstić information content (AvgIpc) is 2.03. The Balaban J connectivity index is 2.53. The predicted octanol–water partition coefficient (Wildman–Crippen LogP) is 1.58. The maximum absolute atomic E-state index is 12.1. The molecule has 1 N–H and O–H groups in total. The molecular weight excluding hydrogens is 169 g/mol. The summed E-state index contributed by atoms with van der Waals surface area (Å²) in [6.07, 6.45) is -3.14. The minimum absolute atomic E-state index is 0.0850. The first-order valence-electron chi connectivity index (χ1n) is 3.76. The summed E-state index contributed by atoms with van der Waals surface area (Å²) in [6.45, 7) is 0. The van der Waals surface area contributed by atoms with E-state index in [9.17, 15) is 13.2 Å². The summed E-state index contributed by atoms with van der Waals surface area (Å²) in [7, 11) is 0. The van der Waals surface area contributed by atoms with Crippen molar-refractivity contribution >= 4 is 0 Å². The van der Waals surface area contributed by atoms with Crippen molar-refractivity contribution in [2.75, 3.05) is 0 Å². The van der Waals surface area contributed by atoms with Crippen LogP contribution in [0.3, 0.4) is 0 Å². The maximum atomic E-state index is 12.1. The molecule has 0 unspecified atom stereocenters. The molecule has 0 radical (unpaired) electrons. The Labute approximate surface area is 68.4 Å². The van der Waals surface area contributed by atoms with Gasteiger partial charge in [0.25, 0.3) is 0 Å². The SMILES string of the molecule is N#C[C@@H]1CCC[C@@H](C(F)(F)F)N1. The highest BCUT2D eigenvalue weighted by Crippen LogP contribution is 2.27. The summed E-state index contributed by atoms with van der Waals surface area (Å²) in [5.41, 5.74) is 0. The first-order chi connectivity index (χ1) is 5.54. The lowest BCUT2D eigenvalue weighted by atomic mass is 9.99. The Bertz CT molecular complexity index is 194. The monoisotopic (exact) mass is 178 g/mol. The fourth-order valence-electron chi connectivity index (χ4n) is 1.30. The minimum Gasteiger partial charge on any atom is -0.291 e. The van der Waals surface area contributed by atoms with E-state index in [-0.39, 0.29) is 6.42 Å². The lowest BCUT2D eigenvalue weighted by Crippen LogP contribution is -2.49. The van der Waals surface area contributed by atoms with Crippen molar-refractivity contribution < 1.29 is 13.2 Å². The van der Waals surface area contributed by atoms with Crippen LogP contribution in [0.25, 0.3) is 0 Å². The second-order valence-corrected chi connectivity index (χ2v) is 2.87. The number of nitrogens with one attached hydrogen (secondary N) is 1. The van der Waals surface area contributed by atoms with Crippen LogP contribution in [0.2, 0.25) is 0 Å². The number of halogens is 3. The number of nitriles is 1.